The summed E-state index contributed by atoms with van der Waals surface area (Å²) < 4.78 is 15.9. The summed E-state index contributed by atoms with van der Waals surface area (Å²) in [7, 11) is 1.56. The molecule has 2 aromatic rings. The topological polar surface area (TPSA) is 77.1 Å². The highest BCUT2D eigenvalue weighted by atomic mass is 16.5. The van der Waals surface area contributed by atoms with Gasteiger partial charge in [-0.2, -0.15) is 0 Å². The standard InChI is InChI=1S/C24H30N2O5/c1-4-30-15-19-14-18(7-10-22(19)29-3)24(28)31-16-23(27)25-20-8-9-21(17(2)13-20)26-11-5-6-12-26/h7-10,13-14H,4-6,11-12,15-16H2,1-3H3,(H,25,27). The molecule has 7 nitrogen and oxygen atoms in total. The van der Waals surface area contributed by atoms with Crippen LogP contribution in [0.5, 0.6) is 5.75 Å². The van der Waals surface area contributed by atoms with E-state index in [-0.39, 0.29) is 12.5 Å². The molecule has 3 rings (SSSR count). The highest BCUT2D eigenvalue weighted by Gasteiger charge is 2.16. The molecule has 0 aromatic heterocycles. The summed E-state index contributed by atoms with van der Waals surface area (Å²) in [5.74, 6) is -0.323. The first-order valence-electron chi connectivity index (χ1n) is 10.6. The Kier molecular flexibility index (Phi) is 7.89. The Morgan fingerprint density at radius 1 is 1.10 bits per heavy atom. The zero-order valence-electron chi connectivity index (χ0n) is 18.4. The number of carbonyl (C=O) groups is 2. The normalized spacial score (nSPS) is 13.2. The van der Waals surface area contributed by atoms with Gasteiger partial charge in [-0.3, -0.25) is 4.79 Å². The number of nitrogens with one attached hydrogen (secondary N) is 1. The van der Waals surface area contributed by atoms with E-state index in [1.54, 1.807) is 25.3 Å². The summed E-state index contributed by atoms with van der Waals surface area (Å²) in [6.07, 6.45) is 2.43. The van der Waals surface area contributed by atoms with Crippen molar-refractivity contribution in [2.45, 2.75) is 33.3 Å². The number of rotatable bonds is 9. The molecule has 0 atom stereocenters. The van der Waals surface area contributed by atoms with Gasteiger partial charge in [-0.15, -0.1) is 0 Å². The summed E-state index contributed by atoms with van der Waals surface area (Å²) in [6.45, 7) is 6.58. The molecule has 1 saturated heterocycles. The predicted molar refractivity (Wildman–Crippen MR) is 120 cm³/mol. The number of benzene rings is 2. The maximum atomic E-state index is 12.4. The average molecular weight is 427 g/mol. The summed E-state index contributed by atoms with van der Waals surface area (Å²) >= 11 is 0. The molecule has 1 aliphatic heterocycles. The van der Waals surface area contributed by atoms with Crippen LogP contribution in [0.1, 0.15) is 41.3 Å². The molecular weight excluding hydrogens is 396 g/mol. The molecule has 0 spiro atoms. The molecule has 166 valence electrons. The van der Waals surface area contributed by atoms with Crippen molar-refractivity contribution in [3.63, 3.8) is 0 Å². The van der Waals surface area contributed by atoms with E-state index in [9.17, 15) is 9.59 Å². The molecular formula is C24H30N2O5. The lowest BCUT2D eigenvalue weighted by atomic mass is 10.1. The highest BCUT2D eigenvalue weighted by Crippen LogP contribution is 2.26. The fourth-order valence-corrected chi connectivity index (χ4v) is 3.69. The minimum Gasteiger partial charge on any atom is -0.496 e. The zero-order chi connectivity index (χ0) is 22.2. The Morgan fingerprint density at radius 3 is 2.55 bits per heavy atom. The van der Waals surface area contributed by atoms with Gasteiger partial charge in [-0.25, -0.2) is 4.79 Å². The van der Waals surface area contributed by atoms with Crippen molar-refractivity contribution in [2.75, 3.05) is 43.6 Å². The number of amides is 1. The van der Waals surface area contributed by atoms with Gasteiger partial charge >= 0.3 is 5.97 Å². The minimum atomic E-state index is -0.573. The minimum absolute atomic E-state index is 0.327. The van der Waals surface area contributed by atoms with E-state index in [0.29, 0.717) is 30.2 Å². The van der Waals surface area contributed by atoms with Crippen LogP contribution in [0, 0.1) is 6.92 Å². The lowest BCUT2D eigenvalue weighted by molar-refractivity contribution is -0.119. The first-order valence-corrected chi connectivity index (χ1v) is 10.6. The average Bonchev–Trinajstić information content (AvgIpc) is 3.30. The first-order chi connectivity index (χ1) is 15.0. The number of hydrogen-bond donors (Lipinski definition) is 1. The molecule has 0 saturated carbocycles. The SMILES string of the molecule is CCOCc1cc(C(=O)OCC(=O)Nc2ccc(N3CCCC3)c(C)c2)ccc1OC. The van der Waals surface area contributed by atoms with Crippen molar-refractivity contribution >= 4 is 23.3 Å². The molecule has 1 heterocycles. The van der Waals surface area contributed by atoms with Gasteiger partial charge in [0, 0.05) is 36.6 Å². The second-order valence-corrected chi connectivity index (χ2v) is 7.48. The van der Waals surface area contributed by atoms with Crippen molar-refractivity contribution < 1.29 is 23.8 Å². The van der Waals surface area contributed by atoms with Crippen molar-refractivity contribution in [1.29, 1.82) is 0 Å². The van der Waals surface area contributed by atoms with E-state index in [1.807, 2.05) is 32.0 Å². The molecule has 1 amide bonds. The van der Waals surface area contributed by atoms with Gasteiger partial charge in [0.15, 0.2) is 6.61 Å². The van der Waals surface area contributed by atoms with Crippen LogP contribution in [0.4, 0.5) is 11.4 Å². The number of methoxy groups -OCH3 is 1. The number of esters is 1. The molecule has 0 unspecified atom stereocenters. The molecule has 2 aromatic carbocycles. The number of hydrogen-bond acceptors (Lipinski definition) is 6. The maximum Gasteiger partial charge on any atom is 0.338 e. The van der Waals surface area contributed by atoms with Gasteiger partial charge in [0.2, 0.25) is 0 Å². The molecule has 1 aliphatic rings. The van der Waals surface area contributed by atoms with Crippen LogP contribution in [0.15, 0.2) is 36.4 Å². The number of carbonyl (C=O) groups excluding carboxylic acids is 2. The molecule has 7 heteroatoms. The fourth-order valence-electron chi connectivity index (χ4n) is 3.69. The summed E-state index contributed by atoms with van der Waals surface area (Å²) in [5, 5.41) is 2.79. The Balaban J connectivity index is 1.55. The van der Waals surface area contributed by atoms with Gasteiger partial charge in [-0.05, 0) is 68.7 Å². The Labute approximate surface area is 183 Å². The summed E-state index contributed by atoms with van der Waals surface area (Å²) in [5.41, 5.74) is 4.08. The van der Waals surface area contributed by atoms with E-state index in [1.165, 1.54) is 18.5 Å². The zero-order valence-corrected chi connectivity index (χ0v) is 18.4. The van der Waals surface area contributed by atoms with Crippen LogP contribution in [0.2, 0.25) is 0 Å². The predicted octanol–water partition coefficient (Wildman–Crippen LogP) is 3.94. The van der Waals surface area contributed by atoms with Gasteiger partial charge in [0.1, 0.15) is 5.75 Å². The molecule has 1 fully saturated rings. The molecule has 1 N–H and O–H groups in total. The number of ether oxygens (including phenoxy) is 3. The molecule has 0 radical (unpaired) electrons. The van der Waals surface area contributed by atoms with E-state index < -0.39 is 5.97 Å². The third-order valence-electron chi connectivity index (χ3n) is 5.24. The third kappa shape index (κ3) is 5.98. The Hall–Kier alpha value is -3.06. The van der Waals surface area contributed by atoms with Crippen LogP contribution in [-0.2, 0) is 20.9 Å². The van der Waals surface area contributed by atoms with Crippen LogP contribution in [0.3, 0.4) is 0 Å². The Bertz CT molecular complexity index is 922. The van der Waals surface area contributed by atoms with Crippen LogP contribution >= 0.6 is 0 Å². The van der Waals surface area contributed by atoms with Gasteiger partial charge < -0.3 is 24.4 Å². The van der Waals surface area contributed by atoms with E-state index in [4.69, 9.17) is 14.2 Å². The van der Waals surface area contributed by atoms with Crippen molar-refractivity contribution in [3.8, 4) is 5.75 Å². The fraction of sp³-hybridized carbons (Fsp3) is 0.417. The largest absolute Gasteiger partial charge is 0.496 e. The monoisotopic (exact) mass is 426 g/mol. The van der Waals surface area contributed by atoms with Crippen LogP contribution in [-0.4, -0.2) is 45.3 Å². The van der Waals surface area contributed by atoms with E-state index in [0.717, 1.165) is 24.2 Å². The second kappa shape index (κ2) is 10.8. The first kappa shape index (κ1) is 22.6. The second-order valence-electron chi connectivity index (χ2n) is 7.48. The number of nitrogens with zero attached hydrogens (tertiary/aromatic N) is 1. The van der Waals surface area contributed by atoms with E-state index in [2.05, 4.69) is 10.2 Å². The highest BCUT2D eigenvalue weighted by molar-refractivity contribution is 5.95. The lowest BCUT2D eigenvalue weighted by Crippen LogP contribution is -2.22. The quantitative estimate of drug-likeness (QED) is 0.612. The van der Waals surface area contributed by atoms with Gasteiger partial charge in [0.25, 0.3) is 5.91 Å². The lowest BCUT2D eigenvalue weighted by Gasteiger charge is -2.20. The maximum absolute atomic E-state index is 12.4. The van der Waals surface area contributed by atoms with Crippen molar-refractivity contribution in [3.05, 3.63) is 53.1 Å². The van der Waals surface area contributed by atoms with Crippen molar-refractivity contribution in [2.24, 2.45) is 0 Å². The van der Waals surface area contributed by atoms with E-state index >= 15 is 0 Å². The number of aryl methyl sites for hydroxylation is 1. The third-order valence-corrected chi connectivity index (χ3v) is 5.24. The van der Waals surface area contributed by atoms with Crippen LogP contribution in [0.25, 0.3) is 0 Å². The van der Waals surface area contributed by atoms with Gasteiger partial charge in [-0.1, -0.05) is 0 Å². The smallest absolute Gasteiger partial charge is 0.338 e. The van der Waals surface area contributed by atoms with Gasteiger partial charge in [0.05, 0.1) is 19.3 Å². The summed E-state index contributed by atoms with van der Waals surface area (Å²) in [4.78, 5) is 27.0. The van der Waals surface area contributed by atoms with Crippen molar-refractivity contribution in [1.82, 2.24) is 0 Å². The molecule has 31 heavy (non-hydrogen) atoms. The Morgan fingerprint density at radius 2 is 1.87 bits per heavy atom. The van der Waals surface area contributed by atoms with Crippen LogP contribution < -0.4 is 15.0 Å². The number of anilines is 2. The molecule has 0 bridgehead atoms. The molecule has 0 aliphatic carbocycles. The summed E-state index contributed by atoms with van der Waals surface area (Å²) in [6, 6.07) is 10.8.